The van der Waals surface area contributed by atoms with Crippen LogP contribution in [-0.2, 0) is 23.6 Å². The Labute approximate surface area is 294 Å². The average Bonchev–Trinajstić information content (AvgIpc) is 3.04. The van der Waals surface area contributed by atoms with Crippen LogP contribution in [0.1, 0.15) is 236 Å². The Bertz CT molecular complexity index is 847. The highest BCUT2D eigenvalue weighted by atomic mass is 31.2. The van der Waals surface area contributed by atoms with Crippen molar-refractivity contribution in [2.75, 3.05) is 0 Å². The maximum atomic E-state index is 11.7. The molecule has 276 valence electrons. The largest absolute Gasteiger partial charge is 0.810 e. The molecule has 0 fully saturated rings. The molecule has 0 saturated heterocycles. The molecule has 0 bridgehead atoms. The Morgan fingerprint density at radius 3 is 1.00 bits per heavy atom. The van der Waals surface area contributed by atoms with Gasteiger partial charge in [-0.05, 0) is 42.4 Å². The second-order valence-electron chi connectivity index (χ2n) is 14.9. The predicted octanol–water partition coefficient (Wildman–Crippen LogP) is 13.7. The van der Waals surface area contributed by atoms with Gasteiger partial charge in [-0.1, -0.05) is 232 Å². The highest BCUT2D eigenvalue weighted by molar-refractivity contribution is 7.47. The normalized spacial score (nSPS) is 11.9. The van der Waals surface area contributed by atoms with E-state index in [2.05, 4.69) is 19.9 Å². The summed E-state index contributed by atoms with van der Waals surface area (Å²) >= 11 is 0. The van der Waals surface area contributed by atoms with Gasteiger partial charge in [0.15, 0.2) is 0 Å². The molecule has 0 aliphatic rings. The van der Waals surface area contributed by atoms with Crippen LogP contribution < -0.4 is 9.79 Å². The lowest BCUT2D eigenvalue weighted by atomic mass is 9.93. The van der Waals surface area contributed by atoms with E-state index in [9.17, 15) is 14.4 Å². The molecule has 0 saturated carbocycles. The minimum Gasteiger partial charge on any atom is -0.810 e. The lowest BCUT2D eigenvalue weighted by Gasteiger charge is -2.31. The Morgan fingerprint density at radius 2 is 0.681 bits per heavy atom. The molecule has 1 aromatic carbocycles. The Morgan fingerprint density at radius 1 is 0.404 bits per heavy atom. The first-order valence-electron chi connectivity index (χ1n) is 21.1. The van der Waals surface area contributed by atoms with Crippen molar-refractivity contribution in [1.29, 1.82) is 0 Å². The molecule has 1 rings (SSSR count). The summed E-state index contributed by atoms with van der Waals surface area (Å²) in [4.78, 5) is 23.4. The standard InChI is InChI=1S/C43H81O3P/c1-3-5-7-9-11-13-15-17-19-21-23-25-27-29-31-33-36-41-37-35-38-42(40-47(44,45)46)43(41)39-34-32-30-28-26-24-22-20-18-16-14-12-10-8-6-4-2/h35,37-38H,3-34,36,39-40H2,1-2H3,(H2,44,45,46)/p-2. The van der Waals surface area contributed by atoms with Gasteiger partial charge in [-0.2, -0.15) is 0 Å². The van der Waals surface area contributed by atoms with E-state index in [1.165, 1.54) is 198 Å². The summed E-state index contributed by atoms with van der Waals surface area (Å²) in [5.74, 6) is 0. The van der Waals surface area contributed by atoms with Gasteiger partial charge in [0.2, 0.25) is 0 Å². The van der Waals surface area contributed by atoms with Crippen LogP contribution in [-0.4, -0.2) is 0 Å². The first-order valence-corrected chi connectivity index (χ1v) is 22.8. The summed E-state index contributed by atoms with van der Waals surface area (Å²) in [6, 6.07) is 6.02. The zero-order valence-electron chi connectivity index (χ0n) is 31.7. The van der Waals surface area contributed by atoms with Crippen LogP contribution in [0.2, 0.25) is 0 Å². The zero-order valence-corrected chi connectivity index (χ0v) is 32.5. The van der Waals surface area contributed by atoms with Crippen LogP contribution in [0.5, 0.6) is 0 Å². The number of hydrogen-bond acceptors (Lipinski definition) is 3. The number of benzene rings is 1. The quantitative estimate of drug-likeness (QED) is 0.0525. The van der Waals surface area contributed by atoms with E-state index in [1.807, 2.05) is 12.1 Å². The molecule has 0 unspecified atom stereocenters. The maximum absolute atomic E-state index is 11.7. The molecule has 0 aliphatic carbocycles. The van der Waals surface area contributed by atoms with Crippen LogP contribution in [0.3, 0.4) is 0 Å². The van der Waals surface area contributed by atoms with Gasteiger partial charge in [0.05, 0.1) is 0 Å². The van der Waals surface area contributed by atoms with Gasteiger partial charge in [-0.15, -0.1) is 0 Å². The second kappa shape index (κ2) is 32.6. The van der Waals surface area contributed by atoms with Crippen LogP contribution in [0, 0.1) is 0 Å². The molecule has 0 heterocycles. The third kappa shape index (κ3) is 28.9. The van der Waals surface area contributed by atoms with Crippen LogP contribution in [0.15, 0.2) is 18.2 Å². The summed E-state index contributed by atoms with van der Waals surface area (Å²) in [5, 5.41) is 0. The van der Waals surface area contributed by atoms with Crippen LogP contribution >= 0.6 is 7.60 Å². The first kappa shape index (κ1) is 44.4. The Kier molecular flexibility index (Phi) is 30.8. The van der Waals surface area contributed by atoms with Crippen LogP contribution in [0.25, 0.3) is 0 Å². The van der Waals surface area contributed by atoms with Crippen molar-refractivity contribution in [1.82, 2.24) is 0 Å². The van der Waals surface area contributed by atoms with Crippen LogP contribution in [0.4, 0.5) is 0 Å². The van der Waals surface area contributed by atoms with Crippen molar-refractivity contribution in [3.63, 3.8) is 0 Å². The van der Waals surface area contributed by atoms with Gasteiger partial charge in [-0.25, -0.2) is 0 Å². The fourth-order valence-electron chi connectivity index (χ4n) is 7.31. The van der Waals surface area contributed by atoms with Crippen molar-refractivity contribution in [2.45, 2.75) is 238 Å². The maximum Gasteiger partial charge on any atom is 0.000504 e. The summed E-state index contributed by atoms with van der Waals surface area (Å²) in [5.41, 5.74) is 3.20. The SMILES string of the molecule is CCCCCCCCCCCCCCCCCCc1cccc(CP(=O)([O-])[O-])c1CCCCCCCCCCCCCCCCCC. The van der Waals surface area contributed by atoms with Gasteiger partial charge in [0, 0.05) is 6.16 Å². The molecular formula is C43H79O3P-2. The first-order chi connectivity index (χ1) is 23.0. The summed E-state index contributed by atoms with van der Waals surface area (Å²) in [7, 11) is -4.57. The van der Waals surface area contributed by atoms with E-state index in [4.69, 9.17) is 0 Å². The third-order valence-corrected chi connectivity index (χ3v) is 11.0. The molecule has 47 heavy (non-hydrogen) atoms. The summed E-state index contributed by atoms with van der Waals surface area (Å²) < 4.78 is 11.7. The number of rotatable bonds is 36. The number of hydrogen-bond donors (Lipinski definition) is 0. The van der Waals surface area contributed by atoms with Gasteiger partial charge in [0.25, 0.3) is 0 Å². The molecule has 1 aromatic rings. The second-order valence-corrected chi connectivity index (χ2v) is 16.5. The van der Waals surface area contributed by atoms with Gasteiger partial charge < -0.3 is 14.4 Å². The van der Waals surface area contributed by atoms with E-state index >= 15 is 0 Å². The van der Waals surface area contributed by atoms with Crippen molar-refractivity contribution in [3.8, 4) is 0 Å². The Balaban J connectivity index is 2.18. The summed E-state index contributed by atoms with van der Waals surface area (Å²) in [6.07, 6.45) is 45.1. The minimum absolute atomic E-state index is 0.339. The topological polar surface area (TPSA) is 63.2 Å². The predicted molar refractivity (Wildman–Crippen MR) is 204 cm³/mol. The van der Waals surface area contributed by atoms with Crippen molar-refractivity contribution in [3.05, 3.63) is 34.9 Å². The van der Waals surface area contributed by atoms with E-state index < -0.39 is 7.60 Å². The fraction of sp³-hybridized carbons (Fsp3) is 0.860. The van der Waals surface area contributed by atoms with E-state index in [0.29, 0.717) is 0 Å². The van der Waals surface area contributed by atoms with Crippen molar-refractivity contribution >= 4 is 7.60 Å². The average molecular weight is 675 g/mol. The molecule has 4 heteroatoms. The minimum atomic E-state index is -4.57. The van der Waals surface area contributed by atoms with E-state index in [-0.39, 0.29) is 6.16 Å². The van der Waals surface area contributed by atoms with Crippen molar-refractivity contribution < 1.29 is 14.4 Å². The summed E-state index contributed by atoms with van der Waals surface area (Å²) in [6.45, 7) is 4.57. The lowest BCUT2D eigenvalue weighted by Crippen LogP contribution is -2.16. The monoisotopic (exact) mass is 675 g/mol. The molecular weight excluding hydrogens is 595 g/mol. The highest BCUT2D eigenvalue weighted by Gasteiger charge is 2.10. The fourth-order valence-corrected chi connectivity index (χ4v) is 8.03. The molecule has 0 N–H and O–H groups in total. The van der Waals surface area contributed by atoms with Crippen molar-refractivity contribution in [2.24, 2.45) is 0 Å². The molecule has 0 atom stereocenters. The highest BCUT2D eigenvalue weighted by Crippen LogP contribution is 2.33. The molecule has 0 radical (unpaired) electrons. The number of unbranched alkanes of at least 4 members (excludes halogenated alkanes) is 30. The zero-order chi connectivity index (χ0) is 34.1. The van der Waals surface area contributed by atoms with Gasteiger partial charge in [0.1, 0.15) is 0 Å². The smallest absolute Gasteiger partial charge is 0.000504 e. The molecule has 0 amide bonds. The van der Waals surface area contributed by atoms with Gasteiger partial charge >= 0.3 is 0 Å². The molecule has 0 spiro atoms. The number of aryl methyl sites for hydroxylation is 1. The van der Waals surface area contributed by atoms with E-state index in [1.54, 1.807) is 0 Å². The third-order valence-electron chi connectivity index (χ3n) is 10.3. The lowest BCUT2D eigenvalue weighted by molar-refractivity contribution is -0.314. The molecule has 3 nitrogen and oxygen atoms in total. The molecule has 0 aromatic heterocycles. The molecule has 0 aliphatic heterocycles. The van der Waals surface area contributed by atoms with E-state index in [0.717, 1.165) is 36.8 Å². The van der Waals surface area contributed by atoms with Gasteiger partial charge in [-0.3, -0.25) is 0 Å². The Hall–Kier alpha value is -0.630.